The van der Waals surface area contributed by atoms with Crippen molar-refractivity contribution in [2.45, 2.75) is 25.7 Å². The minimum atomic E-state index is 0.975. The van der Waals surface area contributed by atoms with Gasteiger partial charge >= 0.3 is 0 Å². The number of halogens is 1. The molecule has 0 spiro atoms. The minimum absolute atomic E-state index is 0.975. The van der Waals surface area contributed by atoms with Gasteiger partial charge in [0.2, 0.25) is 0 Å². The SMILES string of the molecule is CN(CCC1CCC1)c1ccc(Br)cn1. The van der Waals surface area contributed by atoms with E-state index in [4.69, 9.17) is 0 Å². The van der Waals surface area contributed by atoms with Crippen molar-refractivity contribution >= 4 is 21.7 Å². The van der Waals surface area contributed by atoms with Crippen LogP contribution in [0, 0.1) is 5.92 Å². The Balaban J connectivity index is 1.83. The zero-order valence-electron chi connectivity index (χ0n) is 9.12. The molecule has 2 rings (SSSR count). The summed E-state index contributed by atoms with van der Waals surface area (Å²) in [7, 11) is 2.12. The van der Waals surface area contributed by atoms with Crippen molar-refractivity contribution in [2.75, 3.05) is 18.5 Å². The van der Waals surface area contributed by atoms with Gasteiger partial charge in [-0.25, -0.2) is 4.98 Å². The van der Waals surface area contributed by atoms with E-state index >= 15 is 0 Å². The van der Waals surface area contributed by atoms with Gasteiger partial charge in [0.1, 0.15) is 5.82 Å². The van der Waals surface area contributed by atoms with Crippen LogP contribution in [0.4, 0.5) is 5.82 Å². The van der Waals surface area contributed by atoms with Crippen LogP contribution in [-0.4, -0.2) is 18.6 Å². The average Bonchev–Trinajstić information content (AvgIpc) is 2.16. The molecule has 1 aliphatic carbocycles. The quantitative estimate of drug-likeness (QED) is 0.832. The molecule has 0 aromatic carbocycles. The highest BCUT2D eigenvalue weighted by Gasteiger charge is 2.17. The number of anilines is 1. The van der Waals surface area contributed by atoms with Crippen LogP contribution in [0.1, 0.15) is 25.7 Å². The zero-order chi connectivity index (χ0) is 10.7. The molecule has 2 nitrogen and oxygen atoms in total. The van der Waals surface area contributed by atoms with Crippen molar-refractivity contribution in [1.82, 2.24) is 4.98 Å². The van der Waals surface area contributed by atoms with Crippen LogP contribution in [0.3, 0.4) is 0 Å². The summed E-state index contributed by atoms with van der Waals surface area (Å²) in [6.07, 6.45) is 7.47. The van der Waals surface area contributed by atoms with Gasteiger partial charge in [-0.3, -0.25) is 0 Å². The van der Waals surface area contributed by atoms with Crippen LogP contribution >= 0.6 is 15.9 Å². The number of rotatable bonds is 4. The number of nitrogens with zero attached hydrogens (tertiary/aromatic N) is 2. The van der Waals surface area contributed by atoms with Crippen molar-refractivity contribution in [3.8, 4) is 0 Å². The molecule has 1 heterocycles. The zero-order valence-corrected chi connectivity index (χ0v) is 10.7. The van der Waals surface area contributed by atoms with E-state index in [1.165, 1.54) is 25.7 Å². The summed E-state index contributed by atoms with van der Waals surface area (Å²) in [4.78, 5) is 6.62. The molecule has 0 aliphatic heterocycles. The molecule has 0 N–H and O–H groups in total. The third-order valence-electron chi connectivity index (χ3n) is 3.20. The molecule has 0 radical (unpaired) electrons. The van der Waals surface area contributed by atoms with Gasteiger partial charge in [0.25, 0.3) is 0 Å². The lowest BCUT2D eigenvalue weighted by Gasteiger charge is -2.28. The van der Waals surface area contributed by atoms with Gasteiger partial charge in [0.15, 0.2) is 0 Å². The maximum atomic E-state index is 4.38. The molecule has 3 heteroatoms. The predicted octanol–water partition coefficient (Wildman–Crippen LogP) is 3.47. The van der Waals surface area contributed by atoms with Crippen molar-refractivity contribution in [3.63, 3.8) is 0 Å². The Morgan fingerprint density at radius 3 is 2.80 bits per heavy atom. The number of pyridine rings is 1. The highest BCUT2D eigenvalue weighted by Crippen LogP contribution is 2.29. The van der Waals surface area contributed by atoms with Crippen molar-refractivity contribution in [2.24, 2.45) is 5.92 Å². The molecule has 1 aromatic rings. The van der Waals surface area contributed by atoms with Gasteiger partial charge in [-0.15, -0.1) is 0 Å². The highest BCUT2D eigenvalue weighted by atomic mass is 79.9. The summed E-state index contributed by atoms with van der Waals surface area (Å²) in [5, 5.41) is 0. The lowest BCUT2D eigenvalue weighted by molar-refractivity contribution is 0.299. The van der Waals surface area contributed by atoms with E-state index in [0.717, 1.165) is 22.8 Å². The fraction of sp³-hybridized carbons (Fsp3) is 0.583. The van der Waals surface area contributed by atoms with Gasteiger partial charge < -0.3 is 4.90 Å². The second-order valence-corrected chi connectivity index (χ2v) is 5.26. The van der Waals surface area contributed by atoms with Crippen LogP contribution in [0.15, 0.2) is 22.8 Å². The monoisotopic (exact) mass is 268 g/mol. The van der Waals surface area contributed by atoms with Crippen LogP contribution in [0.5, 0.6) is 0 Å². The third kappa shape index (κ3) is 2.94. The van der Waals surface area contributed by atoms with Gasteiger partial charge in [0.05, 0.1) is 0 Å². The maximum Gasteiger partial charge on any atom is 0.128 e. The van der Waals surface area contributed by atoms with Crippen molar-refractivity contribution < 1.29 is 0 Å². The van der Waals surface area contributed by atoms with Crippen LogP contribution < -0.4 is 4.90 Å². The molecular formula is C12H17BrN2. The summed E-state index contributed by atoms with van der Waals surface area (Å²) in [6.45, 7) is 1.12. The first kappa shape index (κ1) is 10.9. The number of hydrogen-bond donors (Lipinski definition) is 0. The van der Waals surface area contributed by atoms with Gasteiger partial charge in [0, 0.05) is 24.3 Å². The Hall–Kier alpha value is -0.570. The molecule has 1 aliphatic rings. The Labute approximate surface area is 99.8 Å². The Morgan fingerprint density at radius 1 is 1.47 bits per heavy atom. The van der Waals surface area contributed by atoms with E-state index in [-0.39, 0.29) is 0 Å². The molecule has 0 saturated heterocycles. The molecule has 1 saturated carbocycles. The lowest BCUT2D eigenvalue weighted by atomic mass is 9.83. The first-order valence-electron chi connectivity index (χ1n) is 5.58. The Morgan fingerprint density at radius 2 is 2.27 bits per heavy atom. The molecule has 82 valence electrons. The third-order valence-corrected chi connectivity index (χ3v) is 3.67. The summed E-state index contributed by atoms with van der Waals surface area (Å²) in [5.41, 5.74) is 0. The second-order valence-electron chi connectivity index (χ2n) is 4.34. The van der Waals surface area contributed by atoms with E-state index < -0.39 is 0 Å². The van der Waals surface area contributed by atoms with Gasteiger partial charge in [-0.1, -0.05) is 19.3 Å². The average molecular weight is 269 g/mol. The molecule has 0 unspecified atom stereocenters. The number of hydrogen-bond acceptors (Lipinski definition) is 2. The standard InChI is InChI=1S/C12H17BrN2/c1-15(8-7-10-3-2-4-10)12-6-5-11(13)9-14-12/h5-6,9-10H,2-4,7-8H2,1H3. The van der Waals surface area contributed by atoms with Crippen LogP contribution in [0.2, 0.25) is 0 Å². The molecule has 1 fully saturated rings. The van der Waals surface area contributed by atoms with Gasteiger partial charge in [-0.2, -0.15) is 0 Å². The van der Waals surface area contributed by atoms with E-state index in [0.29, 0.717) is 0 Å². The number of aromatic nitrogens is 1. The largest absolute Gasteiger partial charge is 0.360 e. The van der Waals surface area contributed by atoms with E-state index in [2.05, 4.69) is 38.9 Å². The molecular weight excluding hydrogens is 252 g/mol. The fourth-order valence-electron chi connectivity index (χ4n) is 1.87. The lowest BCUT2D eigenvalue weighted by Crippen LogP contribution is -2.24. The topological polar surface area (TPSA) is 16.1 Å². The molecule has 1 aromatic heterocycles. The normalized spacial score (nSPS) is 16.1. The fourth-order valence-corrected chi connectivity index (χ4v) is 2.10. The molecule has 15 heavy (non-hydrogen) atoms. The first-order chi connectivity index (χ1) is 7.25. The van der Waals surface area contributed by atoms with E-state index in [9.17, 15) is 0 Å². The van der Waals surface area contributed by atoms with E-state index in [1.807, 2.05) is 12.3 Å². The summed E-state index contributed by atoms with van der Waals surface area (Å²) >= 11 is 3.40. The highest BCUT2D eigenvalue weighted by molar-refractivity contribution is 9.10. The minimum Gasteiger partial charge on any atom is -0.360 e. The first-order valence-corrected chi connectivity index (χ1v) is 6.37. The molecule has 0 atom stereocenters. The molecule has 0 bridgehead atoms. The predicted molar refractivity (Wildman–Crippen MR) is 67.2 cm³/mol. The van der Waals surface area contributed by atoms with Crippen LogP contribution in [-0.2, 0) is 0 Å². The van der Waals surface area contributed by atoms with Crippen LogP contribution in [0.25, 0.3) is 0 Å². The second kappa shape index (κ2) is 4.97. The smallest absolute Gasteiger partial charge is 0.128 e. The summed E-state index contributed by atoms with van der Waals surface area (Å²) in [5.74, 6) is 2.04. The maximum absolute atomic E-state index is 4.38. The Kier molecular flexibility index (Phi) is 3.62. The molecule has 0 amide bonds. The Bertz CT molecular complexity index is 306. The summed E-state index contributed by atoms with van der Waals surface area (Å²) in [6, 6.07) is 4.10. The summed E-state index contributed by atoms with van der Waals surface area (Å²) < 4.78 is 1.04. The van der Waals surface area contributed by atoms with E-state index in [1.54, 1.807) is 0 Å². The van der Waals surface area contributed by atoms with Gasteiger partial charge in [-0.05, 0) is 40.4 Å². The van der Waals surface area contributed by atoms with Crippen molar-refractivity contribution in [1.29, 1.82) is 0 Å². The van der Waals surface area contributed by atoms with Crippen molar-refractivity contribution in [3.05, 3.63) is 22.8 Å².